The molecule has 6 rings (SSSR count). The van der Waals surface area contributed by atoms with Gasteiger partial charge in [-0.3, -0.25) is 20.2 Å². The fraction of sp³-hybridized carbons (Fsp3) is 0.0476. The maximum absolute atomic E-state index is 12.3. The van der Waals surface area contributed by atoms with Gasteiger partial charge in [0.1, 0.15) is 11.5 Å². The highest BCUT2D eigenvalue weighted by Crippen LogP contribution is 2.30. The van der Waals surface area contributed by atoms with Gasteiger partial charge in [0.2, 0.25) is 0 Å². The van der Waals surface area contributed by atoms with Crippen molar-refractivity contribution in [1.82, 2.24) is 0 Å². The molecule has 14 heteroatoms. The second-order valence-electron chi connectivity index (χ2n) is 11.5. The van der Waals surface area contributed by atoms with Gasteiger partial charge in [-0.2, -0.15) is 0 Å². The second-order valence-corrected chi connectivity index (χ2v) is 11.5. The fourth-order valence-corrected chi connectivity index (χ4v) is 5.24. The van der Waals surface area contributed by atoms with Gasteiger partial charge in [-0.1, -0.05) is 60.7 Å². The van der Waals surface area contributed by atoms with Crippen molar-refractivity contribution in [2.45, 2.75) is 0 Å². The number of benzene rings is 6. The Morgan fingerprint density at radius 1 is 0.446 bits per heavy atom. The summed E-state index contributed by atoms with van der Waals surface area (Å²) in [7, 11) is 2.54. The number of nitrogens with zero attached hydrogens (tertiary/aromatic N) is 2. The zero-order valence-electron chi connectivity index (χ0n) is 29.6. The van der Waals surface area contributed by atoms with E-state index in [9.17, 15) is 39.4 Å². The first kappa shape index (κ1) is 39.2. The molecule has 0 fully saturated rings. The summed E-state index contributed by atoms with van der Waals surface area (Å²) >= 11 is 0. The fourth-order valence-electron chi connectivity index (χ4n) is 5.24. The van der Waals surface area contributed by atoms with Crippen molar-refractivity contribution in [2.24, 2.45) is 0 Å². The summed E-state index contributed by atoms with van der Waals surface area (Å²) in [5.41, 5.74) is 3.46. The summed E-state index contributed by atoms with van der Waals surface area (Å²) in [5.74, 6) is -2.21. The zero-order valence-corrected chi connectivity index (χ0v) is 29.6. The van der Waals surface area contributed by atoms with Crippen molar-refractivity contribution >= 4 is 35.3 Å². The molecule has 0 saturated heterocycles. The van der Waals surface area contributed by atoms with Crippen LogP contribution in [-0.4, -0.2) is 47.9 Å². The summed E-state index contributed by atoms with van der Waals surface area (Å²) < 4.78 is 20.3. The molecule has 0 bridgehead atoms. The van der Waals surface area contributed by atoms with Crippen LogP contribution in [0, 0.1) is 20.2 Å². The third-order valence-corrected chi connectivity index (χ3v) is 8.01. The average molecular weight is 755 g/mol. The molecular weight excluding hydrogens is 724 g/mol. The largest absolute Gasteiger partial charge is 0.465 e. The van der Waals surface area contributed by atoms with Crippen molar-refractivity contribution in [3.8, 4) is 33.8 Å². The zero-order chi connectivity index (χ0) is 40.2. The smallest absolute Gasteiger partial charge is 0.343 e. The second kappa shape index (κ2) is 18.2. The molecule has 0 aliphatic heterocycles. The predicted molar refractivity (Wildman–Crippen MR) is 203 cm³/mol. The molecule has 0 amide bonds. The third-order valence-electron chi connectivity index (χ3n) is 8.01. The van der Waals surface area contributed by atoms with Gasteiger partial charge < -0.3 is 18.9 Å². The minimum absolute atomic E-state index is 0.128. The average Bonchev–Trinajstić information content (AvgIpc) is 3.23. The molecule has 0 radical (unpaired) electrons. The molecule has 0 aromatic heterocycles. The highest BCUT2D eigenvalue weighted by atomic mass is 16.6. The topological polar surface area (TPSA) is 191 Å². The molecule has 0 aliphatic carbocycles. The van der Waals surface area contributed by atoms with E-state index in [0.29, 0.717) is 11.1 Å². The van der Waals surface area contributed by atoms with E-state index in [1.165, 1.54) is 74.9 Å². The number of hydrogen-bond donors (Lipinski definition) is 0. The predicted octanol–water partition coefficient (Wildman–Crippen LogP) is 8.54. The molecule has 6 aromatic rings. The lowest BCUT2D eigenvalue weighted by Gasteiger charge is -2.11. The SMILES string of the molecule is COC(=O)c1cc(OC(=O)c2ccc([N+](=O)[O-])cc2)ccc1-c1ccccc1.COC(=O)c1cc(OC(=O)c2ccc([N+](=O)[O-])cc2)ccc1-c1ccccc1. The molecule has 0 spiro atoms. The quantitative estimate of drug-likeness (QED) is 0.0561. The van der Waals surface area contributed by atoms with Crippen molar-refractivity contribution in [1.29, 1.82) is 0 Å². The Morgan fingerprint density at radius 2 is 0.786 bits per heavy atom. The van der Waals surface area contributed by atoms with Crippen LogP contribution in [0.5, 0.6) is 11.5 Å². The van der Waals surface area contributed by atoms with Gasteiger partial charge in [0.05, 0.1) is 46.3 Å². The van der Waals surface area contributed by atoms with Gasteiger partial charge in [-0.25, -0.2) is 19.2 Å². The first-order chi connectivity index (χ1) is 27.0. The Kier molecular flexibility index (Phi) is 12.7. The lowest BCUT2D eigenvalue weighted by molar-refractivity contribution is -0.385. The number of nitro groups is 2. The van der Waals surface area contributed by atoms with Crippen LogP contribution in [0.2, 0.25) is 0 Å². The van der Waals surface area contributed by atoms with Crippen LogP contribution in [0.15, 0.2) is 146 Å². The Hall–Kier alpha value is -8.00. The van der Waals surface area contributed by atoms with Gasteiger partial charge in [0, 0.05) is 24.3 Å². The highest BCUT2D eigenvalue weighted by molar-refractivity contribution is 5.99. The molecule has 0 heterocycles. The van der Waals surface area contributed by atoms with Crippen molar-refractivity contribution in [3.05, 3.63) is 188 Å². The van der Waals surface area contributed by atoms with E-state index in [-0.39, 0.29) is 45.1 Å². The molecule has 0 atom stereocenters. The standard InChI is InChI=1S/2C21H15NO6/c2*1-27-21(24)19-13-17(11-12-18(19)14-5-3-2-4-6-14)28-20(23)15-7-9-16(10-8-15)22(25)26/h2*2-13H,1H3. The van der Waals surface area contributed by atoms with E-state index in [0.717, 1.165) is 11.1 Å². The van der Waals surface area contributed by atoms with E-state index >= 15 is 0 Å². The minimum atomic E-state index is -0.696. The Morgan fingerprint density at radius 3 is 1.09 bits per heavy atom. The number of carbonyl (C=O) groups is 4. The van der Waals surface area contributed by atoms with Gasteiger partial charge in [0.15, 0.2) is 0 Å². The van der Waals surface area contributed by atoms with E-state index in [2.05, 4.69) is 0 Å². The van der Waals surface area contributed by atoms with Crippen molar-refractivity contribution in [2.75, 3.05) is 14.2 Å². The van der Waals surface area contributed by atoms with Crippen LogP contribution in [0.1, 0.15) is 41.4 Å². The van der Waals surface area contributed by atoms with E-state index in [1.54, 1.807) is 24.3 Å². The normalized spacial score (nSPS) is 10.2. The first-order valence-corrected chi connectivity index (χ1v) is 16.5. The van der Waals surface area contributed by atoms with E-state index < -0.39 is 33.7 Å². The van der Waals surface area contributed by atoms with Crippen LogP contribution in [0.25, 0.3) is 22.3 Å². The number of methoxy groups -OCH3 is 2. The summed E-state index contributed by atoms with van der Waals surface area (Å²) in [4.78, 5) is 69.2. The molecule has 0 N–H and O–H groups in total. The van der Waals surface area contributed by atoms with Gasteiger partial charge >= 0.3 is 23.9 Å². The summed E-state index contributed by atoms with van der Waals surface area (Å²) in [6.07, 6.45) is 0. The Bertz CT molecular complexity index is 2230. The summed E-state index contributed by atoms with van der Waals surface area (Å²) in [5, 5.41) is 21.4. The van der Waals surface area contributed by atoms with Crippen molar-refractivity contribution in [3.63, 3.8) is 0 Å². The monoisotopic (exact) mass is 754 g/mol. The van der Waals surface area contributed by atoms with Crippen molar-refractivity contribution < 1.29 is 48.0 Å². The minimum Gasteiger partial charge on any atom is -0.465 e. The summed E-state index contributed by atoms with van der Waals surface area (Å²) in [6, 6.07) is 37.9. The summed E-state index contributed by atoms with van der Waals surface area (Å²) in [6.45, 7) is 0. The van der Waals surface area contributed by atoms with Crippen LogP contribution in [0.4, 0.5) is 11.4 Å². The first-order valence-electron chi connectivity index (χ1n) is 16.5. The number of non-ortho nitro benzene ring substituents is 2. The molecular formula is C42H30N2O12. The number of esters is 4. The molecule has 14 nitrogen and oxygen atoms in total. The van der Waals surface area contributed by atoms with Crippen LogP contribution >= 0.6 is 0 Å². The third kappa shape index (κ3) is 9.70. The van der Waals surface area contributed by atoms with Gasteiger partial charge in [0.25, 0.3) is 11.4 Å². The molecule has 0 aliphatic rings. The maximum Gasteiger partial charge on any atom is 0.343 e. The van der Waals surface area contributed by atoms with Gasteiger partial charge in [-0.05, 0) is 82.9 Å². The number of ether oxygens (including phenoxy) is 4. The molecule has 0 unspecified atom stereocenters. The molecule has 56 heavy (non-hydrogen) atoms. The number of carbonyl (C=O) groups excluding carboxylic acids is 4. The van der Waals surface area contributed by atoms with E-state index in [1.807, 2.05) is 60.7 Å². The lowest BCUT2D eigenvalue weighted by Crippen LogP contribution is -2.10. The lowest BCUT2D eigenvalue weighted by atomic mass is 9.99. The Labute approximate surface area is 318 Å². The number of nitro benzene ring substituents is 2. The maximum atomic E-state index is 12.3. The number of hydrogen-bond acceptors (Lipinski definition) is 12. The number of rotatable bonds is 10. The van der Waals surface area contributed by atoms with E-state index in [4.69, 9.17) is 18.9 Å². The van der Waals surface area contributed by atoms with Crippen LogP contribution in [-0.2, 0) is 9.47 Å². The van der Waals surface area contributed by atoms with Crippen LogP contribution < -0.4 is 9.47 Å². The molecule has 280 valence electrons. The Balaban J connectivity index is 0.000000214. The molecule has 6 aromatic carbocycles. The van der Waals surface area contributed by atoms with Gasteiger partial charge in [-0.15, -0.1) is 0 Å². The molecule has 0 saturated carbocycles. The highest BCUT2D eigenvalue weighted by Gasteiger charge is 2.19. The van der Waals surface area contributed by atoms with Crippen LogP contribution in [0.3, 0.4) is 0 Å².